The Bertz CT molecular complexity index is 567. The van der Waals surface area contributed by atoms with Crippen LogP contribution in [0.15, 0.2) is 28.7 Å². The summed E-state index contributed by atoms with van der Waals surface area (Å²) in [7, 11) is 0. The fourth-order valence-corrected chi connectivity index (χ4v) is 1.60. The minimum absolute atomic E-state index is 0.0529. The van der Waals surface area contributed by atoms with Crippen LogP contribution in [0.1, 0.15) is 17.0 Å². The third-order valence-electron chi connectivity index (χ3n) is 2.55. The first-order valence-corrected chi connectivity index (χ1v) is 5.96. The molecule has 8 nitrogen and oxygen atoms in total. The molecule has 20 heavy (non-hydrogen) atoms. The number of nitrogens with zero attached hydrogens (tertiary/aromatic N) is 2. The first-order chi connectivity index (χ1) is 9.63. The van der Waals surface area contributed by atoms with Crippen LogP contribution in [-0.2, 0) is 19.6 Å². The van der Waals surface area contributed by atoms with Gasteiger partial charge < -0.3 is 25.9 Å². The van der Waals surface area contributed by atoms with Crippen molar-refractivity contribution >= 4 is 12.1 Å². The van der Waals surface area contributed by atoms with Gasteiger partial charge in [-0.15, -0.1) is 5.10 Å². The van der Waals surface area contributed by atoms with Gasteiger partial charge >= 0.3 is 12.1 Å². The zero-order chi connectivity index (χ0) is 14.4. The van der Waals surface area contributed by atoms with Gasteiger partial charge in [-0.05, 0) is 11.1 Å². The molecule has 1 aromatic carbocycles. The topological polar surface area (TPSA) is 126 Å². The predicted octanol–water partition coefficient (Wildman–Crippen LogP) is 0.709. The first kappa shape index (κ1) is 13.8. The van der Waals surface area contributed by atoms with E-state index in [1.54, 1.807) is 0 Å². The normalized spacial score (nSPS) is 10.4. The number of nitrogens with one attached hydrogen (secondary N) is 2. The van der Waals surface area contributed by atoms with Crippen LogP contribution < -0.4 is 16.4 Å². The van der Waals surface area contributed by atoms with Crippen LogP contribution in [0.5, 0.6) is 0 Å². The average molecular weight is 277 g/mol. The van der Waals surface area contributed by atoms with Gasteiger partial charge in [0.2, 0.25) is 5.89 Å². The maximum Gasteiger partial charge on any atom is 0.404 e. The van der Waals surface area contributed by atoms with Crippen LogP contribution >= 0.6 is 0 Å². The molecule has 2 aromatic rings. The van der Waals surface area contributed by atoms with Crippen molar-refractivity contribution < 1.29 is 14.3 Å². The van der Waals surface area contributed by atoms with E-state index in [-0.39, 0.29) is 6.01 Å². The molecule has 0 aliphatic rings. The summed E-state index contributed by atoms with van der Waals surface area (Å²) in [6.45, 7) is 1.37. The van der Waals surface area contributed by atoms with Gasteiger partial charge in [-0.2, -0.15) is 0 Å². The molecule has 0 spiro atoms. The Hall–Kier alpha value is -2.61. The fraction of sp³-hybridized carbons (Fsp3) is 0.250. The maximum absolute atomic E-state index is 10.4. The largest absolute Gasteiger partial charge is 0.465 e. The van der Waals surface area contributed by atoms with E-state index in [0.717, 1.165) is 11.1 Å². The van der Waals surface area contributed by atoms with Crippen molar-refractivity contribution in [1.29, 1.82) is 0 Å². The molecule has 0 aliphatic heterocycles. The lowest BCUT2D eigenvalue weighted by Crippen LogP contribution is -2.19. The van der Waals surface area contributed by atoms with Gasteiger partial charge in [-0.25, -0.2) is 4.79 Å². The number of carbonyl (C=O) groups is 1. The summed E-state index contributed by atoms with van der Waals surface area (Å²) in [5, 5.41) is 21.2. The summed E-state index contributed by atoms with van der Waals surface area (Å²) < 4.78 is 5.02. The molecule has 0 aliphatic carbocycles. The second-order valence-corrected chi connectivity index (χ2v) is 4.11. The highest BCUT2D eigenvalue weighted by Crippen LogP contribution is 2.05. The van der Waals surface area contributed by atoms with Gasteiger partial charge in [0.1, 0.15) is 0 Å². The third-order valence-corrected chi connectivity index (χ3v) is 2.55. The predicted molar refractivity (Wildman–Crippen MR) is 70.6 cm³/mol. The molecular weight excluding hydrogens is 262 g/mol. The number of benzene rings is 1. The molecule has 0 atom stereocenters. The van der Waals surface area contributed by atoms with E-state index in [4.69, 9.17) is 15.3 Å². The number of hydrogen-bond acceptors (Lipinski definition) is 6. The smallest absolute Gasteiger partial charge is 0.404 e. The van der Waals surface area contributed by atoms with Crippen LogP contribution in [-0.4, -0.2) is 21.4 Å². The van der Waals surface area contributed by atoms with E-state index in [1.165, 1.54) is 0 Å². The summed E-state index contributed by atoms with van der Waals surface area (Å²) >= 11 is 0. The molecule has 5 N–H and O–H groups in total. The lowest BCUT2D eigenvalue weighted by Gasteiger charge is -2.05. The van der Waals surface area contributed by atoms with Crippen molar-refractivity contribution in [1.82, 2.24) is 20.8 Å². The molecule has 0 radical (unpaired) electrons. The number of rotatable bonds is 6. The van der Waals surface area contributed by atoms with E-state index in [9.17, 15) is 4.79 Å². The second-order valence-electron chi connectivity index (χ2n) is 4.11. The average Bonchev–Trinajstić information content (AvgIpc) is 2.83. The quantitative estimate of drug-likeness (QED) is 0.612. The Morgan fingerprint density at radius 2 is 1.80 bits per heavy atom. The van der Waals surface area contributed by atoms with E-state index < -0.39 is 6.09 Å². The number of nitrogens with two attached hydrogens (primary N) is 1. The van der Waals surface area contributed by atoms with Crippen LogP contribution in [0.3, 0.4) is 0 Å². The minimum Gasteiger partial charge on any atom is -0.465 e. The van der Waals surface area contributed by atoms with Gasteiger partial charge in [0.25, 0.3) is 0 Å². The zero-order valence-electron chi connectivity index (χ0n) is 10.7. The number of amides is 1. The van der Waals surface area contributed by atoms with E-state index in [0.29, 0.717) is 25.5 Å². The summed E-state index contributed by atoms with van der Waals surface area (Å²) in [6, 6.07) is 7.65. The molecule has 2 rings (SSSR count). The summed E-state index contributed by atoms with van der Waals surface area (Å²) in [5.74, 6) is 0.435. The molecule has 0 unspecified atom stereocenters. The second kappa shape index (κ2) is 6.53. The molecule has 0 bridgehead atoms. The van der Waals surface area contributed by atoms with Crippen molar-refractivity contribution in [3.05, 3.63) is 41.3 Å². The number of anilines is 1. The SMILES string of the molecule is Nc1nnc(CNCc2ccc(CNC(=O)O)cc2)o1. The van der Waals surface area contributed by atoms with Gasteiger partial charge in [-0.1, -0.05) is 29.4 Å². The van der Waals surface area contributed by atoms with Gasteiger partial charge in [0.15, 0.2) is 0 Å². The van der Waals surface area contributed by atoms with Crippen molar-refractivity contribution in [2.45, 2.75) is 19.6 Å². The summed E-state index contributed by atoms with van der Waals surface area (Å²) in [4.78, 5) is 10.4. The van der Waals surface area contributed by atoms with Crippen LogP contribution in [0.2, 0.25) is 0 Å². The minimum atomic E-state index is -1.03. The number of hydrogen-bond donors (Lipinski definition) is 4. The number of carboxylic acid groups (broad SMARTS) is 1. The Kier molecular flexibility index (Phi) is 4.51. The molecule has 8 heteroatoms. The fourth-order valence-electron chi connectivity index (χ4n) is 1.60. The zero-order valence-corrected chi connectivity index (χ0v) is 10.7. The van der Waals surface area contributed by atoms with Crippen molar-refractivity contribution in [3.8, 4) is 0 Å². The Balaban J connectivity index is 1.77. The Morgan fingerprint density at radius 1 is 1.15 bits per heavy atom. The van der Waals surface area contributed by atoms with Crippen molar-refractivity contribution in [2.75, 3.05) is 5.73 Å². The number of nitrogen functional groups attached to an aromatic ring is 1. The molecular formula is C12H15N5O3. The molecule has 0 fully saturated rings. The van der Waals surface area contributed by atoms with Crippen LogP contribution in [0.4, 0.5) is 10.8 Å². The van der Waals surface area contributed by atoms with Gasteiger partial charge in [0.05, 0.1) is 6.54 Å². The monoisotopic (exact) mass is 277 g/mol. The highest BCUT2D eigenvalue weighted by atomic mass is 16.4. The molecule has 0 saturated carbocycles. The maximum atomic E-state index is 10.4. The molecule has 1 amide bonds. The Labute approximate surface area is 115 Å². The third kappa shape index (κ3) is 4.25. The Morgan fingerprint density at radius 3 is 2.35 bits per heavy atom. The summed E-state index contributed by atoms with van der Waals surface area (Å²) in [6.07, 6.45) is -1.03. The van der Waals surface area contributed by atoms with Crippen LogP contribution in [0, 0.1) is 0 Å². The molecule has 1 aromatic heterocycles. The van der Waals surface area contributed by atoms with Crippen molar-refractivity contribution in [2.24, 2.45) is 0 Å². The van der Waals surface area contributed by atoms with E-state index in [2.05, 4.69) is 20.8 Å². The molecule has 0 saturated heterocycles. The standard InChI is InChI=1S/C12H15N5O3/c13-11-17-16-10(20-11)7-14-5-8-1-3-9(4-2-8)6-15-12(18)19/h1-4,14-15H,5-7H2,(H2,13,17)(H,18,19). The lowest BCUT2D eigenvalue weighted by molar-refractivity contribution is 0.194. The van der Waals surface area contributed by atoms with Crippen LogP contribution in [0.25, 0.3) is 0 Å². The first-order valence-electron chi connectivity index (χ1n) is 5.96. The number of aromatic nitrogens is 2. The highest BCUT2D eigenvalue weighted by molar-refractivity contribution is 5.64. The highest BCUT2D eigenvalue weighted by Gasteiger charge is 2.02. The lowest BCUT2D eigenvalue weighted by atomic mass is 10.1. The van der Waals surface area contributed by atoms with E-state index >= 15 is 0 Å². The van der Waals surface area contributed by atoms with E-state index in [1.807, 2.05) is 24.3 Å². The molecule has 106 valence electrons. The van der Waals surface area contributed by atoms with Gasteiger partial charge in [-0.3, -0.25) is 0 Å². The molecule has 1 heterocycles. The summed E-state index contributed by atoms with van der Waals surface area (Å²) in [5.41, 5.74) is 7.28. The van der Waals surface area contributed by atoms with Crippen molar-refractivity contribution in [3.63, 3.8) is 0 Å². The van der Waals surface area contributed by atoms with Gasteiger partial charge in [0, 0.05) is 13.1 Å².